The minimum atomic E-state index is -1.12. The van der Waals surface area contributed by atoms with Gasteiger partial charge in [0.1, 0.15) is 5.54 Å². The lowest BCUT2D eigenvalue weighted by atomic mass is 9.92. The van der Waals surface area contributed by atoms with E-state index in [0.29, 0.717) is 28.2 Å². The predicted octanol–water partition coefficient (Wildman–Crippen LogP) is 3.45. The number of benzene rings is 1. The normalized spacial score (nSPS) is 26.1. The average molecular weight is 370 g/mol. The van der Waals surface area contributed by atoms with Crippen molar-refractivity contribution in [3.8, 4) is 0 Å². The van der Waals surface area contributed by atoms with Crippen LogP contribution in [0.15, 0.2) is 18.2 Å². The van der Waals surface area contributed by atoms with Gasteiger partial charge < -0.3 is 5.32 Å². The van der Waals surface area contributed by atoms with Crippen LogP contribution in [-0.4, -0.2) is 41.5 Å². The predicted molar refractivity (Wildman–Crippen MR) is 94.0 cm³/mol. The summed E-state index contributed by atoms with van der Waals surface area (Å²) < 4.78 is 0. The van der Waals surface area contributed by atoms with E-state index in [-0.39, 0.29) is 11.9 Å². The number of rotatable bonds is 3. The number of piperidine rings is 1. The van der Waals surface area contributed by atoms with E-state index >= 15 is 0 Å². The second-order valence-electron chi connectivity index (χ2n) is 6.86. The molecule has 2 saturated heterocycles. The molecule has 1 atom stereocenters. The van der Waals surface area contributed by atoms with Crippen LogP contribution in [0.1, 0.15) is 32.3 Å². The lowest BCUT2D eigenvalue weighted by Crippen LogP contribution is -2.46. The van der Waals surface area contributed by atoms with E-state index in [0.717, 1.165) is 25.9 Å². The summed E-state index contributed by atoms with van der Waals surface area (Å²) in [5, 5.41) is 3.58. The molecule has 1 aromatic carbocycles. The Hall–Kier alpha value is -1.30. The van der Waals surface area contributed by atoms with E-state index in [9.17, 15) is 9.59 Å². The largest absolute Gasteiger partial charge is 0.326 e. The topological polar surface area (TPSA) is 52.6 Å². The molecule has 5 nitrogen and oxygen atoms in total. The summed E-state index contributed by atoms with van der Waals surface area (Å²) in [5.74, 6) is 0.440. The zero-order valence-corrected chi connectivity index (χ0v) is 15.3. The van der Waals surface area contributed by atoms with Crippen molar-refractivity contribution in [1.82, 2.24) is 15.1 Å². The Morgan fingerprint density at radius 3 is 2.50 bits per heavy atom. The fraction of sp³-hybridized carbons (Fsp3) is 0.529. The number of carbonyl (C=O) groups excluding carboxylic acids is 2. The number of urea groups is 1. The molecule has 7 heteroatoms. The van der Waals surface area contributed by atoms with E-state index in [1.165, 1.54) is 4.90 Å². The van der Waals surface area contributed by atoms with Crippen LogP contribution in [0.3, 0.4) is 0 Å². The van der Waals surface area contributed by atoms with E-state index < -0.39 is 5.54 Å². The molecule has 0 bridgehead atoms. The highest BCUT2D eigenvalue weighted by Gasteiger charge is 2.49. The molecular formula is C17H21Cl2N3O2. The van der Waals surface area contributed by atoms with Gasteiger partial charge in [-0.15, -0.1) is 0 Å². The third kappa shape index (κ3) is 3.13. The van der Waals surface area contributed by atoms with Gasteiger partial charge in [-0.1, -0.05) is 36.2 Å². The molecule has 1 aromatic rings. The molecule has 2 aliphatic rings. The zero-order valence-electron chi connectivity index (χ0n) is 13.8. The summed E-state index contributed by atoms with van der Waals surface area (Å²) in [5.41, 5.74) is -0.487. The van der Waals surface area contributed by atoms with Crippen molar-refractivity contribution in [2.45, 2.75) is 32.2 Å². The molecule has 2 fully saturated rings. The smallest absolute Gasteiger partial charge is 0.319 e. The number of hydrogen-bond acceptors (Lipinski definition) is 3. The van der Waals surface area contributed by atoms with Gasteiger partial charge in [-0.2, -0.15) is 0 Å². The number of imide groups is 1. The molecule has 2 aliphatic heterocycles. The number of carbonyl (C=O) groups is 2. The monoisotopic (exact) mass is 369 g/mol. The van der Waals surface area contributed by atoms with Gasteiger partial charge in [0.15, 0.2) is 0 Å². The van der Waals surface area contributed by atoms with E-state index in [1.54, 1.807) is 25.1 Å². The summed E-state index contributed by atoms with van der Waals surface area (Å²) in [7, 11) is 0. The molecule has 0 radical (unpaired) electrons. The fourth-order valence-corrected chi connectivity index (χ4v) is 3.53. The molecule has 0 spiro atoms. The first kappa shape index (κ1) is 17.5. The molecule has 0 aliphatic carbocycles. The van der Waals surface area contributed by atoms with Crippen molar-refractivity contribution in [3.63, 3.8) is 0 Å². The molecule has 1 N–H and O–H groups in total. The second kappa shape index (κ2) is 6.54. The zero-order chi connectivity index (χ0) is 17.5. The number of likely N-dealkylation sites (tertiary alicyclic amines) is 1. The Bertz CT molecular complexity index is 674. The molecule has 3 rings (SSSR count). The number of nitrogens with zero attached hydrogens (tertiary/aromatic N) is 2. The van der Waals surface area contributed by atoms with Gasteiger partial charge in [0, 0.05) is 13.1 Å². The standard InChI is InChI=1S/C17H21Cl2N3O2/c1-11-5-7-21(8-6-11)10-22-15(23)17(2,20-16(22)24)12-3-4-13(18)14(19)9-12/h3-4,9,11H,5-8,10H2,1-2H3,(H,20,24)/t17-/m0/s1. The summed E-state index contributed by atoms with van der Waals surface area (Å²) in [6.07, 6.45) is 2.18. The number of nitrogens with one attached hydrogen (secondary N) is 1. The maximum Gasteiger partial charge on any atom is 0.326 e. The van der Waals surface area contributed by atoms with Crippen LogP contribution >= 0.6 is 23.2 Å². The first-order valence-electron chi connectivity index (χ1n) is 8.13. The molecular weight excluding hydrogens is 349 g/mol. The molecule has 130 valence electrons. The van der Waals surface area contributed by atoms with Gasteiger partial charge >= 0.3 is 6.03 Å². The van der Waals surface area contributed by atoms with E-state index in [4.69, 9.17) is 23.2 Å². The van der Waals surface area contributed by atoms with Crippen molar-refractivity contribution < 1.29 is 9.59 Å². The molecule has 0 saturated carbocycles. The molecule has 24 heavy (non-hydrogen) atoms. The maximum atomic E-state index is 12.9. The Morgan fingerprint density at radius 2 is 1.88 bits per heavy atom. The number of halogens is 2. The SMILES string of the molecule is CC1CCN(CN2C(=O)N[C@@](C)(c3ccc(Cl)c(Cl)c3)C2=O)CC1. The van der Waals surface area contributed by atoms with E-state index in [2.05, 4.69) is 17.1 Å². The van der Waals surface area contributed by atoms with Gasteiger partial charge in [0.25, 0.3) is 5.91 Å². The van der Waals surface area contributed by atoms with Crippen molar-refractivity contribution in [2.24, 2.45) is 5.92 Å². The van der Waals surface area contributed by atoms with Gasteiger partial charge in [0.05, 0.1) is 16.7 Å². The minimum absolute atomic E-state index is 0.260. The van der Waals surface area contributed by atoms with Gasteiger partial charge in [-0.3, -0.25) is 9.69 Å². The van der Waals surface area contributed by atoms with Crippen LogP contribution in [0.5, 0.6) is 0 Å². The second-order valence-corrected chi connectivity index (χ2v) is 7.67. The highest BCUT2D eigenvalue weighted by molar-refractivity contribution is 6.42. The van der Waals surface area contributed by atoms with Crippen LogP contribution in [0.4, 0.5) is 4.79 Å². The Kier molecular flexibility index (Phi) is 4.78. The lowest BCUT2D eigenvalue weighted by molar-refractivity contribution is -0.132. The Morgan fingerprint density at radius 1 is 1.21 bits per heavy atom. The van der Waals surface area contributed by atoms with Crippen LogP contribution < -0.4 is 5.32 Å². The highest BCUT2D eigenvalue weighted by atomic mass is 35.5. The van der Waals surface area contributed by atoms with Gasteiger partial charge in [-0.25, -0.2) is 9.69 Å². The third-order valence-corrected chi connectivity index (χ3v) is 5.73. The molecule has 0 unspecified atom stereocenters. The van der Waals surface area contributed by atoms with Crippen molar-refractivity contribution in [1.29, 1.82) is 0 Å². The van der Waals surface area contributed by atoms with Crippen LogP contribution in [-0.2, 0) is 10.3 Å². The first-order valence-corrected chi connectivity index (χ1v) is 8.89. The summed E-state index contributed by atoms with van der Waals surface area (Å²) in [6, 6.07) is 4.62. The summed E-state index contributed by atoms with van der Waals surface area (Å²) in [6.45, 7) is 6.06. The number of hydrogen-bond donors (Lipinski definition) is 1. The van der Waals surface area contributed by atoms with Crippen molar-refractivity contribution >= 4 is 35.1 Å². The van der Waals surface area contributed by atoms with Crippen molar-refractivity contribution in [3.05, 3.63) is 33.8 Å². The Labute approximate surface area is 151 Å². The molecule has 0 aromatic heterocycles. The van der Waals surface area contributed by atoms with Gasteiger partial charge in [-0.05, 0) is 43.4 Å². The average Bonchev–Trinajstić information content (AvgIpc) is 2.76. The minimum Gasteiger partial charge on any atom is -0.319 e. The van der Waals surface area contributed by atoms with Crippen molar-refractivity contribution in [2.75, 3.05) is 19.8 Å². The number of amides is 3. The Balaban J connectivity index is 1.78. The fourth-order valence-electron chi connectivity index (χ4n) is 3.23. The van der Waals surface area contributed by atoms with Crippen LogP contribution in [0, 0.1) is 5.92 Å². The quantitative estimate of drug-likeness (QED) is 0.830. The first-order chi connectivity index (χ1) is 11.3. The van der Waals surface area contributed by atoms with E-state index in [1.807, 2.05) is 0 Å². The summed E-state index contributed by atoms with van der Waals surface area (Å²) >= 11 is 12.0. The van der Waals surface area contributed by atoms with Gasteiger partial charge in [0.2, 0.25) is 0 Å². The molecule has 3 amide bonds. The van der Waals surface area contributed by atoms with Crippen LogP contribution in [0.25, 0.3) is 0 Å². The highest BCUT2D eigenvalue weighted by Crippen LogP contribution is 2.33. The molecule has 2 heterocycles. The third-order valence-electron chi connectivity index (χ3n) is 4.99. The summed E-state index contributed by atoms with van der Waals surface area (Å²) in [4.78, 5) is 28.7. The maximum absolute atomic E-state index is 12.9. The van der Waals surface area contributed by atoms with Crippen LogP contribution in [0.2, 0.25) is 10.0 Å². The lowest BCUT2D eigenvalue weighted by Gasteiger charge is -2.32.